The number of hydrogen-bond acceptors (Lipinski definition) is 5. The Morgan fingerprint density at radius 1 is 1.00 bits per heavy atom. The van der Waals surface area contributed by atoms with Gasteiger partial charge in [-0.3, -0.25) is 4.90 Å². The second-order valence-electron chi connectivity index (χ2n) is 7.26. The standard InChI is InChI=1S/C22H24N6/c1-17-13-18(2)28(25-17)21-7-3-5-19(14-21)16-26-9-11-27(12-10-26)22-8-4-6-20(15-23)24-22/h3-8,13-14H,9-12,16H2,1-2H3. The third-order valence-electron chi connectivity index (χ3n) is 5.12. The zero-order chi connectivity index (χ0) is 19.5. The number of nitrogens with zero attached hydrogens (tertiary/aromatic N) is 6. The predicted octanol–water partition coefficient (Wildman–Crippen LogP) is 3.08. The summed E-state index contributed by atoms with van der Waals surface area (Å²) in [5.41, 5.74) is 5.06. The molecule has 3 heterocycles. The fourth-order valence-electron chi connectivity index (χ4n) is 3.73. The van der Waals surface area contributed by atoms with Gasteiger partial charge in [0, 0.05) is 38.4 Å². The molecule has 28 heavy (non-hydrogen) atoms. The average Bonchev–Trinajstić information content (AvgIpc) is 3.07. The number of anilines is 1. The van der Waals surface area contributed by atoms with Crippen LogP contribution in [0.2, 0.25) is 0 Å². The largest absolute Gasteiger partial charge is 0.354 e. The van der Waals surface area contributed by atoms with E-state index in [1.165, 1.54) is 5.56 Å². The smallest absolute Gasteiger partial charge is 0.142 e. The maximum absolute atomic E-state index is 9.04. The van der Waals surface area contributed by atoms with Crippen molar-refractivity contribution in [3.05, 3.63) is 71.2 Å². The highest BCUT2D eigenvalue weighted by Crippen LogP contribution is 2.18. The summed E-state index contributed by atoms with van der Waals surface area (Å²) in [5, 5.41) is 13.6. The lowest BCUT2D eigenvalue weighted by Gasteiger charge is -2.35. The molecule has 3 aromatic rings. The minimum absolute atomic E-state index is 0.473. The number of piperazine rings is 1. The Balaban J connectivity index is 1.41. The lowest BCUT2D eigenvalue weighted by Crippen LogP contribution is -2.46. The highest BCUT2D eigenvalue weighted by molar-refractivity contribution is 5.42. The summed E-state index contributed by atoms with van der Waals surface area (Å²) >= 11 is 0. The van der Waals surface area contributed by atoms with Gasteiger partial charge in [-0.25, -0.2) is 9.67 Å². The summed E-state index contributed by atoms with van der Waals surface area (Å²) in [6.07, 6.45) is 0. The first kappa shape index (κ1) is 18.2. The van der Waals surface area contributed by atoms with Crippen molar-refractivity contribution in [2.24, 2.45) is 0 Å². The molecule has 0 bridgehead atoms. The summed E-state index contributed by atoms with van der Waals surface area (Å²) in [6.45, 7) is 8.81. The van der Waals surface area contributed by atoms with Crippen molar-refractivity contribution in [2.45, 2.75) is 20.4 Å². The molecule has 0 N–H and O–H groups in total. The highest BCUT2D eigenvalue weighted by atomic mass is 15.3. The van der Waals surface area contributed by atoms with E-state index in [0.717, 1.165) is 55.6 Å². The van der Waals surface area contributed by atoms with Gasteiger partial charge in [-0.05, 0) is 49.7 Å². The molecule has 0 radical (unpaired) electrons. The molecule has 0 atom stereocenters. The van der Waals surface area contributed by atoms with Gasteiger partial charge in [0.25, 0.3) is 0 Å². The van der Waals surface area contributed by atoms with Crippen LogP contribution in [0.1, 0.15) is 22.6 Å². The van der Waals surface area contributed by atoms with Crippen LogP contribution in [0, 0.1) is 25.2 Å². The van der Waals surface area contributed by atoms with Crippen LogP contribution in [-0.4, -0.2) is 45.8 Å². The van der Waals surface area contributed by atoms with E-state index in [1.807, 2.05) is 23.7 Å². The van der Waals surface area contributed by atoms with Crippen LogP contribution in [0.3, 0.4) is 0 Å². The normalized spacial score (nSPS) is 14.8. The maximum Gasteiger partial charge on any atom is 0.142 e. The van der Waals surface area contributed by atoms with Gasteiger partial charge in [0.05, 0.1) is 11.4 Å². The van der Waals surface area contributed by atoms with E-state index >= 15 is 0 Å². The zero-order valence-electron chi connectivity index (χ0n) is 16.3. The molecule has 142 valence electrons. The summed E-state index contributed by atoms with van der Waals surface area (Å²) in [6, 6.07) is 18.5. The van der Waals surface area contributed by atoms with Crippen molar-refractivity contribution in [3.63, 3.8) is 0 Å². The summed E-state index contributed by atoms with van der Waals surface area (Å²) in [4.78, 5) is 9.13. The number of rotatable bonds is 4. The molecule has 6 heteroatoms. The van der Waals surface area contributed by atoms with Crippen LogP contribution in [0.15, 0.2) is 48.5 Å². The van der Waals surface area contributed by atoms with Crippen LogP contribution >= 0.6 is 0 Å². The molecule has 1 saturated heterocycles. The first-order chi connectivity index (χ1) is 13.6. The van der Waals surface area contributed by atoms with Crippen molar-refractivity contribution < 1.29 is 0 Å². The van der Waals surface area contributed by atoms with Gasteiger partial charge in [-0.1, -0.05) is 18.2 Å². The van der Waals surface area contributed by atoms with Crippen molar-refractivity contribution >= 4 is 5.82 Å². The molecule has 2 aromatic heterocycles. The summed E-state index contributed by atoms with van der Waals surface area (Å²) in [5.74, 6) is 0.894. The van der Waals surface area contributed by atoms with Gasteiger partial charge < -0.3 is 4.90 Å². The van der Waals surface area contributed by atoms with Gasteiger partial charge in [0.15, 0.2) is 0 Å². The quantitative estimate of drug-likeness (QED) is 0.704. The monoisotopic (exact) mass is 372 g/mol. The van der Waals surface area contributed by atoms with Crippen LogP contribution in [0.5, 0.6) is 0 Å². The number of hydrogen-bond donors (Lipinski definition) is 0. The van der Waals surface area contributed by atoms with Gasteiger partial charge in [-0.2, -0.15) is 10.4 Å². The second-order valence-corrected chi connectivity index (χ2v) is 7.26. The molecule has 1 aliphatic heterocycles. The second kappa shape index (κ2) is 7.83. The van der Waals surface area contributed by atoms with Crippen LogP contribution in [0.25, 0.3) is 5.69 Å². The van der Waals surface area contributed by atoms with E-state index in [9.17, 15) is 0 Å². The minimum Gasteiger partial charge on any atom is -0.354 e. The number of aromatic nitrogens is 3. The molecule has 6 nitrogen and oxygen atoms in total. The maximum atomic E-state index is 9.04. The van der Waals surface area contributed by atoms with Crippen LogP contribution < -0.4 is 4.90 Å². The Labute approximate surface area is 165 Å². The van der Waals surface area contributed by atoms with Crippen molar-refractivity contribution in [3.8, 4) is 11.8 Å². The van der Waals surface area contributed by atoms with Gasteiger partial charge in [0.1, 0.15) is 17.6 Å². The molecule has 1 aromatic carbocycles. The highest BCUT2D eigenvalue weighted by Gasteiger charge is 2.18. The number of nitriles is 1. The predicted molar refractivity (Wildman–Crippen MR) is 109 cm³/mol. The molecule has 0 unspecified atom stereocenters. The summed E-state index contributed by atoms with van der Waals surface area (Å²) in [7, 11) is 0. The van der Waals surface area contributed by atoms with Gasteiger partial charge in [0.2, 0.25) is 0 Å². The molecule has 1 fully saturated rings. The fraction of sp³-hybridized carbons (Fsp3) is 0.318. The molecule has 0 spiro atoms. The van der Waals surface area contributed by atoms with E-state index in [-0.39, 0.29) is 0 Å². The van der Waals surface area contributed by atoms with Crippen LogP contribution in [-0.2, 0) is 6.54 Å². The third kappa shape index (κ3) is 3.90. The third-order valence-corrected chi connectivity index (χ3v) is 5.12. The fourth-order valence-corrected chi connectivity index (χ4v) is 3.73. The number of pyridine rings is 1. The molecular formula is C22H24N6. The Hall–Kier alpha value is -3.17. The van der Waals surface area contributed by atoms with E-state index in [4.69, 9.17) is 5.26 Å². The van der Waals surface area contributed by atoms with E-state index in [1.54, 1.807) is 6.07 Å². The van der Waals surface area contributed by atoms with Crippen LogP contribution in [0.4, 0.5) is 5.82 Å². The molecule has 0 saturated carbocycles. The zero-order valence-corrected chi connectivity index (χ0v) is 16.3. The molecule has 0 amide bonds. The van der Waals surface area contributed by atoms with E-state index in [2.05, 4.69) is 63.2 Å². The van der Waals surface area contributed by atoms with Crippen molar-refractivity contribution in [1.29, 1.82) is 5.26 Å². The Morgan fingerprint density at radius 2 is 1.79 bits per heavy atom. The Morgan fingerprint density at radius 3 is 2.50 bits per heavy atom. The first-order valence-electron chi connectivity index (χ1n) is 9.59. The summed E-state index contributed by atoms with van der Waals surface area (Å²) < 4.78 is 2.00. The Bertz CT molecular complexity index is 1010. The lowest BCUT2D eigenvalue weighted by molar-refractivity contribution is 0.249. The van der Waals surface area contributed by atoms with Gasteiger partial charge >= 0.3 is 0 Å². The molecule has 0 aliphatic carbocycles. The molecular weight excluding hydrogens is 348 g/mol. The molecule has 1 aliphatic rings. The molecule has 4 rings (SSSR count). The van der Waals surface area contributed by atoms with E-state index in [0.29, 0.717) is 5.69 Å². The minimum atomic E-state index is 0.473. The van der Waals surface area contributed by atoms with Crippen molar-refractivity contribution in [1.82, 2.24) is 19.7 Å². The van der Waals surface area contributed by atoms with Gasteiger partial charge in [-0.15, -0.1) is 0 Å². The Kier molecular flexibility index (Phi) is 5.09. The average molecular weight is 372 g/mol. The number of aryl methyl sites for hydroxylation is 2. The van der Waals surface area contributed by atoms with E-state index < -0.39 is 0 Å². The topological polar surface area (TPSA) is 61.0 Å². The lowest BCUT2D eigenvalue weighted by atomic mass is 10.1. The number of benzene rings is 1. The SMILES string of the molecule is Cc1cc(C)n(-c2cccc(CN3CCN(c4cccc(C#N)n4)CC3)c2)n1. The van der Waals surface area contributed by atoms with Crippen molar-refractivity contribution in [2.75, 3.05) is 31.1 Å². The first-order valence-corrected chi connectivity index (χ1v) is 9.59.